The molecule has 0 aromatic heterocycles. The van der Waals surface area contributed by atoms with Gasteiger partial charge in [0.2, 0.25) is 0 Å². The molecule has 0 spiro atoms. The molecule has 0 rings (SSSR count). The molecule has 0 aliphatic carbocycles. The van der Waals surface area contributed by atoms with Gasteiger partial charge < -0.3 is 14.2 Å². The standard InChI is InChI=1S/C59H104O6/c1-4-7-10-13-16-19-22-25-26-27-28-29-30-31-32-35-37-40-43-46-49-52-58(61)64-55-56(65-59(62)53-50-47-44-41-38-34-24-21-18-15-12-9-6-3)54-63-57(60)51-48-45-42-39-36-33-23-20-17-14-11-8-5-2/h9,12,18,20-21,23,27-28,34,38,56H,4-8,10-11,13-17,19,22,24-26,29-33,35-37,39-55H2,1-3H3/b12-9-,21-18-,23-20-,28-27-,38-34-. The Bertz CT molecular complexity index is 1180. The first kappa shape index (κ1) is 62.1. The molecule has 0 aliphatic rings. The first-order valence-corrected chi connectivity index (χ1v) is 27.8. The second-order valence-corrected chi connectivity index (χ2v) is 18.5. The molecule has 376 valence electrons. The van der Waals surface area contributed by atoms with Crippen LogP contribution in [0.2, 0.25) is 0 Å². The molecular weight excluding hydrogens is 805 g/mol. The van der Waals surface area contributed by atoms with Gasteiger partial charge in [0.1, 0.15) is 13.2 Å². The Labute approximate surface area is 402 Å². The van der Waals surface area contributed by atoms with Crippen molar-refractivity contribution in [2.75, 3.05) is 13.2 Å². The molecule has 6 heteroatoms. The van der Waals surface area contributed by atoms with Crippen LogP contribution in [0.4, 0.5) is 0 Å². The molecule has 0 bridgehead atoms. The summed E-state index contributed by atoms with van der Waals surface area (Å²) in [5.41, 5.74) is 0. The average molecular weight is 909 g/mol. The van der Waals surface area contributed by atoms with Crippen LogP contribution < -0.4 is 0 Å². The molecule has 0 saturated carbocycles. The van der Waals surface area contributed by atoms with E-state index in [9.17, 15) is 14.4 Å². The summed E-state index contributed by atoms with van der Waals surface area (Å²) in [5, 5.41) is 0. The van der Waals surface area contributed by atoms with Crippen LogP contribution >= 0.6 is 0 Å². The summed E-state index contributed by atoms with van der Waals surface area (Å²) in [5.74, 6) is -0.923. The maximum atomic E-state index is 12.8. The molecule has 0 aromatic carbocycles. The second kappa shape index (κ2) is 53.7. The first-order chi connectivity index (χ1) is 32.0. The van der Waals surface area contributed by atoms with Crippen molar-refractivity contribution in [3.05, 3.63) is 60.8 Å². The quantitative estimate of drug-likeness (QED) is 0.0262. The van der Waals surface area contributed by atoms with Crippen LogP contribution in [0.1, 0.15) is 278 Å². The lowest BCUT2D eigenvalue weighted by molar-refractivity contribution is -0.167. The predicted octanol–water partition coefficient (Wildman–Crippen LogP) is 18.4. The van der Waals surface area contributed by atoms with Crippen LogP contribution in [0.5, 0.6) is 0 Å². The monoisotopic (exact) mass is 909 g/mol. The zero-order valence-corrected chi connectivity index (χ0v) is 43.0. The maximum Gasteiger partial charge on any atom is 0.306 e. The number of allylic oxidation sites excluding steroid dienone is 10. The largest absolute Gasteiger partial charge is 0.462 e. The van der Waals surface area contributed by atoms with Gasteiger partial charge in [-0.1, -0.05) is 216 Å². The lowest BCUT2D eigenvalue weighted by Gasteiger charge is -2.18. The Morgan fingerprint density at radius 1 is 0.323 bits per heavy atom. The van der Waals surface area contributed by atoms with E-state index in [0.29, 0.717) is 19.3 Å². The number of unbranched alkanes of at least 4 members (excludes halogenated alkanes) is 29. The van der Waals surface area contributed by atoms with Gasteiger partial charge in [0, 0.05) is 19.3 Å². The molecule has 65 heavy (non-hydrogen) atoms. The number of hydrogen-bond acceptors (Lipinski definition) is 6. The van der Waals surface area contributed by atoms with Crippen LogP contribution in [-0.4, -0.2) is 37.2 Å². The zero-order valence-electron chi connectivity index (χ0n) is 43.0. The van der Waals surface area contributed by atoms with Gasteiger partial charge in [-0.25, -0.2) is 0 Å². The first-order valence-electron chi connectivity index (χ1n) is 27.8. The van der Waals surface area contributed by atoms with Crippen molar-refractivity contribution >= 4 is 17.9 Å². The Morgan fingerprint density at radius 2 is 0.600 bits per heavy atom. The van der Waals surface area contributed by atoms with E-state index in [1.807, 2.05) is 0 Å². The molecular formula is C59H104O6. The predicted molar refractivity (Wildman–Crippen MR) is 279 cm³/mol. The van der Waals surface area contributed by atoms with Crippen molar-refractivity contribution in [3.8, 4) is 0 Å². The fourth-order valence-electron chi connectivity index (χ4n) is 7.80. The SMILES string of the molecule is CC/C=C\C/C=C\C/C=C\CCCCCC(=O)OC(COC(=O)CCCCCCC/C=C\CCCCCC)COC(=O)CCCCCCCCCCC/C=C\CCCCCCCCCC. The molecule has 0 N–H and O–H groups in total. The van der Waals surface area contributed by atoms with Crippen molar-refractivity contribution in [3.63, 3.8) is 0 Å². The third kappa shape index (κ3) is 51.9. The smallest absolute Gasteiger partial charge is 0.306 e. The maximum absolute atomic E-state index is 12.8. The van der Waals surface area contributed by atoms with Crippen LogP contribution in [-0.2, 0) is 28.6 Å². The van der Waals surface area contributed by atoms with Gasteiger partial charge >= 0.3 is 17.9 Å². The lowest BCUT2D eigenvalue weighted by Crippen LogP contribution is -2.30. The third-order valence-corrected chi connectivity index (χ3v) is 12.0. The minimum Gasteiger partial charge on any atom is -0.462 e. The molecule has 0 saturated heterocycles. The van der Waals surface area contributed by atoms with Crippen LogP contribution in [0, 0.1) is 0 Å². The minimum absolute atomic E-state index is 0.0891. The van der Waals surface area contributed by atoms with Crippen molar-refractivity contribution in [2.45, 2.75) is 284 Å². The van der Waals surface area contributed by atoms with E-state index in [-0.39, 0.29) is 31.1 Å². The van der Waals surface area contributed by atoms with E-state index in [4.69, 9.17) is 14.2 Å². The van der Waals surface area contributed by atoms with Crippen molar-refractivity contribution in [2.24, 2.45) is 0 Å². The summed E-state index contributed by atoms with van der Waals surface area (Å²) in [4.78, 5) is 38.0. The number of ether oxygens (including phenoxy) is 3. The van der Waals surface area contributed by atoms with Gasteiger partial charge in [-0.3, -0.25) is 14.4 Å². The van der Waals surface area contributed by atoms with Crippen LogP contribution in [0.15, 0.2) is 60.8 Å². The lowest BCUT2D eigenvalue weighted by atomic mass is 10.1. The molecule has 1 unspecified atom stereocenters. The van der Waals surface area contributed by atoms with Crippen molar-refractivity contribution in [1.29, 1.82) is 0 Å². The van der Waals surface area contributed by atoms with Crippen LogP contribution in [0.3, 0.4) is 0 Å². The highest BCUT2D eigenvalue weighted by molar-refractivity contribution is 5.71. The van der Waals surface area contributed by atoms with Gasteiger partial charge in [0.25, 0.3) is 0 Å². The highest BCUT2D eigenvalue weighted by Crippen LogP contribution is 2.15. The normalized spacial score (nSPS) is 12.5. The molecule has 1 atom stereocenters. The van der Waals surface area contributed by atoms with E-state index in [1.165, 1.54) is 148 Å². The molecule has 0 aliphatic heterocycles. The number of hydrogen-bond donors (Lipinski definition) is 0. The van der Waals surface area contributed by atoms with Gasteiger partial charge in [-0.05, 0) is 103 Å². The summed E-state index contributed by atoms with van der Waals surface area (Å²) >= 11 is 0. The molecule has 0 heterocycles. The number of rotatable bonds is 50. The van der Waals surface area contributed by atoms with Crippen molar-refractivity contribution < 1.29 is 28.6 Å². The Kier molecular flexibility index (Phi) is 51.3. The second-order valence-electron chi connectivity index (χ2n) is 18.5. The third-order valence-electron chi connectivity index (χ3n) is 12.0. The molecule has 0 radical (unpaired) electrons. The number of carbonyl (C=O) groups excluding carboxylic acids is 3. The van der Waals surface area contributed by atoms with E-state index >= 15 is 0 Å². The average Bonchev–Trinajstić information content (AvgIpc) is 3.30. The number of carbonyl (C=O) groups is 3. The van der Waals surface area contributed by atoms with Crippen LogP contribution in [0.25, 0.3) is 0 Å². The fourth-order valence-corrected chi connectivity index (χ4v) is 7.80. The van der Waals surface area contributed by atoms with Gasteiger partial charge in [-0.15, -0.1) is 0 Å². The summed E-state index contributed by atoms with van der Waals surface area (Å²) in [6, 6.07) is 0. The minimum atomic E-state index is -0.792. The van der Waals surface area contributed by atoms with E-state index in [2.05, 4.69) is 81.5 Å². The van der Waals surface area contributed by atoms with E-state index < -0.39 is 6.10 Å². The van der Waals surface area contributed by atoms with E-state index in [1.54, 1.807) is 0 Å². The molecule has 0 fully saturated rings. The Hall–Kier alpha value is -2.89. The summed E-state index contributed by atoms with van der Waals surface area (Å²) in [6.07, 6.45) is 66.4. The van der Waals surface area contributed by atoms with Gasteiger partial charge in [0.15, 0.2) is 6.10 Å². The van der Waals surface area contributed by atoms with Gasteiger partial charge in [0.05, 0.1) is 0 Å². The summed E-state index contributed by atoms with van der Waals surface area (Å²) in [6.45, 7) is 6.49. The highest BCUT2D eigenvalue weighted by atomic mass is 16.6. The summed E-state index contributed by atoms with van der Waals surface area (Å²) < 4.78 is 16.8. The summed E-state index contributed by atoms with van der Waals surface area (Å²) in [7, 11) is 0. The molecule has 0 amide bonds. The fraction of sp³-hybridized carbons (Fsp3) is 0.780. The highest BCUT2D eigenvalue weighted by Gasteiger charge is 2.19. The molecule has 6 nitrogen and oxygen atoms in total. The molecule has 0 aromatic rings. The topological polar surface area (TPSA) is 78.9 Å². The van der Waals surface area contributed by atoms with E-state index in [0.717, 1.165) is 89.9 Å². The van der Waals surface area contributed by atoms with Gasteiger partial charge in [-0.2, -0.15) is 0 Å². The Balaban J connectivity index is 4.33. The Morgan fingerprint density at radius 3 is 0.985 bits per heavy atom. The van der Waals surface area contributed by atoms with Crippen molar-refractivity contribution in [1.82, 2.24) is 0 Å². The zero-order chi connectivity index (χ0) is 47.2. The number of esters is 3.